The number of ether oxygens (including phenoxy) is 1. The number of aryl methyl sites for hydroxylation is 1. The number of nitrogens with zero attached hydrogens (tertiary/aromatic N) is 2. The number of hydrogen-bond acceptors (Lipinski definition) is 4. The average molecular weight is 236 g/mol. The van der Waals surface area contributed by atoms with Gasteiger partial charge in [0.25, 0.3) is 0 Å². The third-order valence-electron chi connectivity index (χ3n) is 2.31. The van der Waals surface area contributed by atoms with Crippen LogP contribution in [0.25, 0.3) is 0 Å². The Morgan fingerprint density at radius 3 is 3.12 bits per heavy atom. The van der Waals surface area contributed by atoms with Crippen molar-refractivity contribution in [3.05, 3.63) is 34.5 Å². The van der Waals surface area contributed by atoms with Gasteiger partial charge in [0.1, 0.15) is 10.6 Å². The third kappa shape index (κ3) is 1.74. The summed E-state index contributed by atoms with van der Waals surface area (Å²) in [5.74, 6) is 0.989. The van der Waals surface area contributed by atoms with Gasteiger partial charge in [-0.15, -0.1) is 11.3 Å². The average Bonchev–Trinajstić information content (AvgIpc) is 2.96. The molecule has 0 aromatic carbocycles. The maximum absolute atomic E-state index is 12.2. The number of hydrogen-bond donors (Lipinski definition) is 0. The van der Waals surface area contributed by atoms with Crippen molar-refractivity contribution >= 4 is 17.1 Å². The zero-order chi connectivity index (χ0) is 11.5. The number of imidazole rings is 1. The number of ketones is 1. The molecule has 0 aliphatic heterocycles. The quantitative estimate of drug-likeness (QED) is 0.764. The summed E-state index contributed by atoms with van der Waals surface area (Å²) < 4.78 is 6.95. The van der Waals surface area contributed by atoms with E-state index >= 15 is 0 Å². The lowest BCUT2D eigenvalue weighted by atomic mass is 10.3. The minimum atomic E-state index is -0.0845. The molecule has 16 heavy (non-hydrogen) atoms. The topological polar surface area (TPSA) is 44.1 Å². The molecule has 2 aromatic heterocycles. The Hall–Kier alpha value is -1.62. The maximum atomic E-state index is 12.2. The fraction of sp³-hybridized carbons (Fsp3) is 0.273. The summed E-state index contributed by atoms with van der Waals surface area (Å²) in [4.78, 5) is 16.9. The van der Waals surface area contributed by atoms with Crippen molar-refractivity contribution in [1.82, 2.24) is 9.55 Å². The fourth-order valence-electron chi connectivity index (χ4n) is 1.50. The SMILES string of the molecule is CCn1ccnc1C(=O)c1sccc1OC. The van der Waals surface area contributed by atoms with Crippen LogP contribution in [0.2, 0.25) is 0 Å². The van der Waals surface area contributed by atoms with Crippen LogP contribution in [-0.4, -0.2) is 22.4 Å². The molecular formula is C11H12N2O2S. The van der Waals surface area contributed by atoms with E-state index in [0.29, 0.717) is 16.5 Å². The molecule has 0 N–H and O–H groups in total. The molecule has 0 radical (unpaired) electrons. The van der Waals surface area contributed by atoms with E-state index in [1.807, 2.05) is 16.9 Å². The van der Waals surface area contributed by atoms with Crippen LogP contribution in [0.3, 0.4) is 0 Å². The van der Waals surface area contributed by atoms with E-state index in [2.05, 4.69) is 4.98 Å². The molecule has 5 heteroatoms. The second-order valence-electron chi connectivity index (χ2n) is 3.18. The molecule has 2 aromatic rings. The Labute approximate surface area is 97.5 Å². The van der Waals surface area contributed by atoms with Crippen LogP contribution < -0.4 is 4.74 Å². The lowest BCUT2D eigenvalue weighted by Crippen LogP contribution is -2.09. The van der Waals surface area contributed by atoms with Gasteiger partial charge in [0, 0.05) is 18.9 Å². The lowest BCUT2D eigenvalue weighted by Gasteiger charge is -2.03. The molecule has 0 saturated heterocycles. The fourth-order valence-corrected chi connectivity index (χ4v) is 2.29. The van der Waals surface area contributed by atoms with Gasteiger partial charge in [-0.1, -0.05) is 0 Å². The summed E-state index contributed by atoms with van der Waals surface area (Å²) in [7, 11) is 1.56. The van der Waals surface area contributed by atoms with Gasteiger partial charge in [0.05, 0.1) is 7.11 Å². The largest absolute Gasteiger partial charge is 0.495 e. The number of methoxy groups -OCH3 is 1. The highest BCUT2D eigenvalue weighted by Gasteiger charge is 2.19. The van der Waals surface area contributed by atoms with E-state index in [4.69, 9.17) is 4.74 Å². The van der Waals surface area contributed by atoms with Crippen LogP contribution >= 0.6 is 11.3 Å². The zero-order valence-electron chi connectivity index (χ0n) is 9.14. The van der Waals surface area contributed by atoms with Crippen molar-refractivity contribution in [1.29, 1.82) is 0 Å². The van der Waals surface area contributed by atoms with E-state index in [1.54, 1.807) is 25.6 Å². The number of aromatic nitrogens is 2. The highest BCUT2D eigenvalue weighted by atomic mass is 32.1. The highest BCUT2D eigenvalue weighted by Crippen LogP contribution is 2.26. The number of carbonyl (C=O) groups is 1. The van der Waals surface area contributed by atoms with Gasteiger partial charge in [-0.3, -0.25) is 4.79 Å². The zero-order valence-corrected chi connectivity index (χ0v) is 9.95. The van der Waals surface area contributed by atoms with Crippen molar-refractivity contribution in [2.45, 2.75) is 13.5 Å². The standard InChI is InChI=1S/C11H12N2O2S/c1-3-13-6-5-12-11(13)9(14)10-8(15-2)4-7-16-10/h4-7H,3H2,1-2H3. The monoisotopic (exact) mass is 236 g/mol. The van der Waals surface area contributed by atoms with Crippen LogP contribution in [-0.2, 0) is 6.54 Å². The van der Waals surface area contributed by atoms with E-state index in [9.17, 15) is 4.79 Å². The molecular weight excluding hydrogens is 224 g/mol. The summed E-state index contributed by atoms with van der Waals surface area (Å²) >= 11 is 1.37. The Balaban J connectivity index is 2.39. The molecule has 4 nitrogen and oxygen atoms in total. The first-order valence-electron chi connectivity index (χ1n) is 4.95. The predicted octanol–water partition coefficient (Wildman–Crippen LogP) is 2.20. The van der Waals surface area contributed by atoms with Crippen molar-refractivity contribution in [3.8, 4) is 5.75 Å². The van der Waals surface area contributed by atoms with Crippen LogP contribution in [0.5, 0.6) is 5.75 Å². The normalized spacial score (nSPS) is 10.4. The Bertz CT molecular complexity index is 457. The van der Waals surface area contributed by atoms with Gasteiger partial charge in [-0.25, -0.2) is 4.98 Å². The number of thiophene rings is 1. The minimum absolute atomic E-state index is 0.0845. The molecule has 0 spiro atoms. The molecule has 0 fully saturated rings. The van der Waals surface area contributed by atoms with Gasteiger partial charge >= 0.3 is 0 Å². The molecule has 84 valence electrons. The molecule has 0 saturated carbocycles. The van der Waals surface area contributed by atoms with Gasteiger partial charge in [0.2, 0.25) is 5.78 Å². The van der Waals surface area contributed by atoms with Crippen LogP contribution in [0.15, 0.2) is 23.8 Å². The van der Waals surface area contributed by atoms with Gasteiger partial charge < -0.3 is 9.30 Å². The smallest absolute Gasteiger partial charge is 0.242 e. The molecule has 0 aliphatic carbocycles. The second kappa shape index (κ2) is 4.49. The molecule has 2 rings (SSSR count). The minimum Gasteiger partial charge on any atom is -0.495 e. The van der Waals surface area contributed by atoms with Crippen molar-refractivity contribution < 1.29 is 9.53 Å². The first-order valence-corrected chi connectivity index (χ1v) is 5.83. The number of rotatable bonds is 4. The van der Waals surface area contributed by atoms with Gasteiger partial charge in [-0.05, 0) is 18.4 Å². The summed E-state index contributed by atoms with van der Waals surface area (Å²) in [5.41, 5.74) is 0. The molecule has 0 unspecified atom stereocenters. The summed E-state index contributed by atoms with van der Waals surface area (Å²) in [6.45, 7) is 2.71. The number of carbonyl (C=O) groups excluding carboxylic acids is 1. The Morgan fingerprint density at radius 1 is 1.62 bits per heavy atom. The summed E-state index contributed by atoms with van der Waals surface area (Å²) in [6.07, 6.45) is 3.43. The van der Waals surface area contributed by atoms with Gasteiger partial charge in [0.15, 0.2) is 5.82 Å². The lowest BCUT2D eigenvalue weighted by molar-refractivity contribution is 0.102. The van der Waals surface area contributed by atoms with Gasteiger partial charge in [-0.2, -0.15) is 0 Å². The van der Waals surface area contributed by atoms with E-state index in [1.165, 1.54) is 11.3 Å². The van der Waals surface area contributed by atoms with E-state index in [-0.39, 0.29) is 5.78 Å². The Kier molecular flexibility index (Phi) is 3.05. The second-order valence-corrected chi connectivity index (χ2v) is 4.10. The van der Waals surface area contributed by atoms with Crippen molar-refractivity contribution in [2.75, 3.05) is 7.11 Å². The summed E-state index contributed by atoms with van der Waals surface area (Å²) in [6, 6.07) is 1.79. The maximum Gasteiger partial charge on any atom is 0.242 e. The van der Waals surface area contributed by atoms with E-state index in [0.717, 1.165) is 6.54 Å². The first-order chi connectivity index (χ1) is 7.77. The van der Waals surface area contributed by atoms with Crippen LogP contribution in [0.1, 0.15) is 22.4 Å². The van der Waals surface area contributed by atoms with Crippen LogP contribution in [0, 0.1) is 0 Å². The highest BCUT2D eigenvalue weighted by molar-refractivity contribution is 7.12. The van der Waals surface area contributed by atoms with Crippen LogP contribution in [0.4, 0.5) is 0 Å². The first kappa shape index (κ1) is 10.9. The molecule has 0 amide bonds. The third-order valence-corrected chi connectivity index (χ3v) is 3.21. The van der Waals surface area contributed by atoms with Crippen molar-refractivity contribution in [2.24, 2.45) is 0 Å². The van der Waals surface area contributed by atoms with Crippen molar-refractivity contribution in [3.63, 3.8) is 0 Å². The van der Waals surface area contributed by atoms with E-state index < -0.39 is 0 Å². The molecule has 0 atom stereocenters. The Morgan fingerprint density at radius 2 is 2.44 bits per heavy atom. The molecule has 0 bridgehead atoms. The molecule has 0 aliphatic rings. The molecule has 2 heterocycles. The predicted molar refractivity (Wildman–Crippen MR) is 62.2 cm³/mol. The summed E-state index contributed by atoms with van der Waals surface area (Å²) in [5, 5.41) is 1.84.